The molecule has 0 N–H and O–H groups in total. The quantitative estimate of drug-likeness (QED) is 0.331. The standard InChI is InChI=1S/C32H38Cl2F2N4O4/c1-31(2,3)16-25-32(18-37,22-10-9-20(33)15-24(22)35)27(21-7-6-8-23(34)28(21)36)29-30(42)39(19-40(25)29)17-26(41)38(11-13-43-4)12-14-44-5/h6-10,15,25,27,29H,11-14,16-17,19H2,1-5H3/t25?,27?,29-,32+/m1/s1. The second-order valence-corrected chi connectivity index (χ2v) is 13.4. The third-order valence-electron chi connectivity index (χ3n) is 8.48. The molecule has 2 heterocycles. The van der Waals surface area contributed by atoms with E-state index in [1.807, 2.05) is 25.7 Å². The molecular formula is C32H38Cl2F2N4O4. The number of halogens is 4. The van der Waals surface area contributed by atoms with E-state index < -0.39 is 41.0 Å². The van der Waals surface area contributed by atoms with Crippen LogP contribution in [0.15, 0.2) is 36.4 Å². The van der Waals surface area contributed by atoms with Crippen LogP contribution in [-0.2, 0) is 24.5 Å². The van der Waals surface area contributed by atoms with Crippen LogP contribution in [0.3, 0.4) is 0 Å². The summed E-state index contributed by atoms with van der Waals surface area (Å²) in [7, 11) is 3.07. The largest absolute Gasteiger partial charge is 0.383 e. The maximum atomic E-state index is 15.9. The first kappa shape index (κ1) is 34.1. The van der Waals surface area contributed by atoms with Gasteiger partial charge in [0.1, 0.15) is 29.6 Å². The summed E-state index contributed by atoms with van der Waals surface area (Å²) < 4.78 is 42.1. The lowest BCUT2D eigenvalue weighted by Crippen LogP contribution is -2.49. The SMILES string of the molecule is COCCN(CCOC)C(=O)CN1CN2C(CC(C)(C)C)[C@](C#N)(c3ccc(Cl)cc3F)C(c3cccc(Cl)c3F)[C@@H]2C1=O. The lowest BCUT2D eigenvalue weighted by Gasteiger charge is -2.40. The minimum atomic E-state index is -1.70. The number of nitriles is 1. The van der Waals surface area contributed by atoms with Crippen molar-refractivity contribution in [3.8, 4) is 6.07 Å². The highest BCUT2D eigenvalue weighted by Gasteiger charge is 2.67. The van der Waals surface area contributed by atoms with Crippen LogP contribution in [0.4, 0.5) is 8.78 Å². The molecule has 2 aromatic carbocycles. The first-order valence-electron chi connectivity index (χ1n) is 14.4. The fourth-order valence-corrected chi connectivity index (χ4v) is 6.93. The summed E-state index contributed by atoms with van der Waals surface area (Å²) in [6.07, 6.45) is 0.362. The molecule has 44 heavy (non-hydrogen) atoms. The summed E-state index contributed by atoms with van der Waals surface area (Å²) in [4.78, 5) is 32.6. The van der Waals surface area contributed by atoms with Gasteiger partial charge in [-0.3, -0.25) is 14.5 Å². The maximum absolute atomic E-state index is 15.9. The van der Waals surface area contributed by atoms with Gasteiger partial charge >= 0.3 is 0 Å². The zero-order chi connectivity index (χ0) is 32.4. The van der Waals surface area contributed by atoms with Crippen molar-refractivity contribution in [1.82, 2.24) is 14.7 Å². The van der Waals surface area contributed by atoms with Gasteiger partial charge in [0.05, 0.1) is 31.0 Å². The molecule has 0 spiro atoms. The van der Waals surface area contributed by atoms with Crippen LogP contribution in [-0.4, -0.2) is 92.3 Å². The number of rotatable bonds is 11. The number of hydrogen-bond acceptors (Lipinski definition) is 6. The monoisotopic (exact) mass is 650 g/mol. The van der Waals surface area contributed by atoms with Gasteiger partial charge in [0.2, 0.25) is 11.8 Å². The Morgan fingerprint density at radius 3 is 2.36 bits per heavy atom. The average molecular weight is 652 g/mol. The molecule has 238 valence electrons. The zero-order valence-corrected chi connectivity index (χ0v) is 27.1. The molecule has 4 rings (SSSR count). The summed E-state index contributed by atoms with van der Waals surface area (Å²) in [6.45, 7) is 6.94. The van der Waals surface area contributed by atoms with Crippen molar-refractivity contribution in [2.45, 2.75) is 50.6 Å². The van der Waals surface area contributed by atoms with Gasteiger partial charge in [-0.25, -0.2) is 8.78 Å². The number of carbonyl (C=O) groups is 2. The van der Waals surface area contributed by atoms with E-state index in [0.717, 1.165) is 6.07 Å². The van der Waals surface area contributed by atoms with E-state index in [9.17, 15) is 14.9 Å². The Kier molecular flexibility index (Phi) is 10.6. The van der Waals surface area contributed by atoms with Gasteiger partial charge in [-0.15, -0.1) is 0 Å². The van der Waals surface area contributed by atoms with E-state index in [1.165, 1.54) is 43.4 Å². The van der Waals surface area contributed by atoms with Gasteiger partial charge in [-0.2, -0.15) is 5.26 Å². The van der Waals surface area contributed by atoms with E-state index in [2.05, 4.69) is 6.07 Å². The second-order valence-electron chi connectivity index (χ2n) is 12.5. The smallest absolute Gasteiger partial charge is 0.242 e. The minimum absolute atomic E-state index is 0.00426. The van der Waals surface area contributed by atoms with Crippen LogP contribution in [0.1, 0.15) is 44.2 Å². The molecular weight excluding hydrogens is 613 g/mol. The topological polar surface area (TPSA) is 86.1 Å². The van der Waals surface area contributed by atoms with Crippen LogP contribution in [0.25, 0.3) is 0 Å². The molecule has 0 radical (unpaired) electrons. The minimum Gasteiger partial charge on any atom is -0.383 e. The Balaban J connectivity index is 1.87. The Bertz CT molecular complexity index is 1420. The summed E-state index contributed by atoms with van der Waals surface area (Å²) in [5.74, 6) is -3.41. The molecule has 0 aliphatic carbocycles. The fraction of sp³-hybridized carbons (Fsp3) is 0.531. The van der Waals surface area contributed by atoms with Crippen molar-refractivity contribution in [2.24, 2.45) is 5.41 Å². The van der Waals surface area contributed by atoms with E-state index in [0.29, 0.717) is 32.7 Å². The lowest BCUT2D eigenvalue weighted by atomic mass is 9.62. The number of nitrogens with zero attached hydrogens (tertiary/aromatic N) is 4. The zero-order valence-electron chi connectivity index (χ0n) is 25.6. The predicted molar refractivity (Wildman–Crippen MR) is 163 cm³/mol. The number of carbonyl (C=O) groups excluding carboxylic acids is 2. The lowest BCUT2D eigenvalue weighted by molar-refractivity contribution is -0.139. The van der Waals surface area contributed by atoms with Crippen LogP contribution in [0.5, 0.6) is 0 Å². The molecule has 2 aromatic rings. The van der Waals surface area contributed by atoms with E-state index in [4.69, 9.17) is 32.7 Å². The molecule has 2 aliphatic rings. The van der Waals surface area contributed by atoms with Gasteiger partial charge in [-0.05, 0) is 35.6 Å². The van der Waals surface area contributed by atoms with Gasteiger partial charge in [0, 0.05) is 49.9 Å². The number of benzene rings is 2. The van der Waals surface area contributed by atoms with Gasteiger partial charge in [0.25, 0.3) is 0 Å². The summed E-state index contributed by atoms with van der Waals surface area (Å²) >= 11 is 12.3. The van der Waals surface area contributed by atoms with Crippen molar-refractivity contribution in [3.63, 3.8) is 0 Å². The molecule has 8 nitrogen and oxygen atoms in total. The van der Waals surface area contributed by atoms with Crippen LogP contribution >= 0.6 is 23.2 Å². The first-order valence-corrected chi connectivity index (χ1v) is 15.2. The van der Waals surface area contributed by atoms with Crippen molar-refractivity contribution in [2.75, 3.05) is 53.7 Å². The van der Waals surface area contributed by atoms with Crippen LogP contribution < -0.4 is 0 Å². The third-order valence-corrected chi connectivity index (χ3v) is 9.01. The number of fused-ring (bicyclic) bond motifs is 1. The second kappa shape index (κ2) is 13.7. The number of hydrogen-bond donors (Lipinski definition) is 0. The molecule has 2 aliphatic heterocycles. The fourth-order valence-electron chi connectivity index (χ4n) is 6.59. The number of methoxy groups -OCH3 is 2. The van der Waals surface area contributed by atoms with Crippen LogP contribution in [0, 0.1) is 28.4 Å². The summed E-state index contributed by atoms with van der Waals surface area (Å²) in [6, 6.07) is 9.06. The van der Waals surface area contributed by atoms with Gasteiger partial charge in [-0.1, -0.05) is 62.2 Å². The van der Waals surface area contributed by atoms with Crippen LogP contribution in [0.2, 0.25) is 10.0 Å². The highest BCUT2D eigenvalue weighted by molar-refractivity contribution is 6.31. The number of amides is 2. The average Bonchev–Trinajstić information content (AvgIpc) is 3.40. The third kappa shape index (κ3) is 6.44. The number of ether oxygens (including phenoxy) is 2. The Morgan fingerprint density at radius 1 is 1.14 bits per heavy atom. The predicted octanol–water partition coefficient (Wildman–Crippen LogP) is 5.23. The van der Waals surface area contributed by atoms with E-state index in [-0.39, 0.29) is 45.7 Å². The van der Waals surface area contributed by atoms with Crippen molar-refractivity contribution in [3.05, 3.63) is 69.2 Å². The maximum Gasteiger partial charge on any atom is 0.242 e. The van der Waals surface area contributed by atoms with Crippen molar-refractivity contribution < 1.29 is 27.8 Å². The van der Waals surface area contributed by atoms with E-state index >= 15 is 8.78 Å². The highest BCUT2D eigenvalue weighted by atomic mass is 35.5. The molecule has 0 saturated carbocycles. The molecule has 12 heteroatoms. The van der Waals surface area contributed by atoms with Crippen molar-refractivity contribution >= 4 is 35.0 Å². The molecule has 2 amide bonds. The summed E-state index contributed by atoms with van der Waals surface area (Å²) in [5, 5.41) is 11.0. The Labute approximate surface area is 267 Å². The Hall–Kier alpha value is -2.81. The molecule has 2 saturated heterocycles. The Morgan fingerprint density at radius 2 is 1.80 bits per heavy atom. The molecule has 2 fully saturated rings. The molecule has 0 bridgehead atoms. The molecule has 2 unspecified atom stereocenters. The normalized spacial score (nSPS) is 23.6. The van der Waals surface area contributed by atoms with Gasteiger partial charge in [0.15, 0.2) is 0 Å². The van der Waals surface area contributed by atoms with Crippen molar-refractivity contribution in [1.29, 1.82) is 5.26 Å². The highest BCUT2D eigenvalue weighted by Crippen LogP contribution is 2.58. The van der Waals surface area contributed by atoms with E-state index in [1.54, 1.807) is 11.0 Å². The molecule has 0 aromatic heterocycles. The first-order chi connectivity index (χ1) is 20.8. The summed E-state index contributed by atoms with van der Waals surface area (Å²) in [5.41, 5.74) is -2.03. The molecule has 4 atom stereocenters. The van der Waals surface area contributed by atoms with Gasteiger partial charge < -0.3 is 19.3 Å².